The maximum atomic E-state index is 13.5. The van der Waals surface area contributed by atoms with E-state index in [1.54, 1.807) is 0 Å². The Morgan fingerprint density at radius 1 is 1.10 bits per heavy atom. The van der Waals surface area contributed by atoms with Gasteiger partial charge < -0.3 is 45.4 Å². The number of nitrogens with zero attached hydrogens (tertiary/aromatic N) is 2. The number of hydrogen-bond donors (Lipinski definition) is 6. The number of halogens is 2. The molecule has 6 N–H and O–H groups in total. The molecule has 2 saturated heterocycles. The predicted molar refractivity (Wildman–Crippen MR) is 154 cm³/mol. The van der Waals surface area contributed by atoms with E-state index < -0.39 is 42.6 Å². The molecule has 2 amide bonds. The summed E-state index contributed by atoms with van der Waals surface area (Å²) in [4.78, 5) is 44.8. The molecule has 5 atom stereocenters. The van der Waals surface area contributed by atoms with Crippen LogP contribution in [0.1, 0.15) is 37.0 Å². The second-order valence-corrected chi connectivity index (χ2v) is 11.7. The van der Waals surface area contributed by atoms with Gasteiger partial charge in [0.15, 0.2) is 6.10 Å². The first kappa shape index (κ1) is 32.1. The van der Waals surface area contributed by atoms with Crippen molar-refractivity contribution in [1.82, 2.24) is 9.88 Å². The van der Waals surface area contributed by atoms with E-state index in [2.05, 4.69) is 50.3 Å². The fraction of sp³-hybridized carbons (Fsp3) is 0.481. The number of ether oxygens (including phenoxy) is 2. The van der Waals surface area contributed by atoms with E-state index in [4.69, 9.17) is 21.1 Å². The van der Waals surface area contributed by atoms with Gasteiger partial charge >= 0.3 is 5.97 Å². The number of likely N-dealkylation sites (tertiary alicyclic amines) is 1. The molecule has 0 saturated carbocycles. The number of aromatic nitrogens is 1. The van der Waals surface area contributed by atoms with E-state index in [9.17, 15) is 34.8 Å². The molecule has 2 aromatic rings. The van der Waals surface area contributed by atoms with Gasteiger partial charge in [-0.25, -0.2) is 9.78 Å². The van der Waals surface area contributed by atoms with Crippen LogP contribution in [0.2, 0.25) is 5.02 Å². The quantitative estimate of drug-likeness (QED) is 0.241. The van der Waals surface area contributed by atoms with Crippen molar-refractivity contribution in [1.29, 1.82) is 0 Å². The molecule has 0 spiro atoms. The minimum atomic E-state index is -1.93. The van der Waals surface area contributed by atoms with Crippen molar-refractivity contribution in [3.05, 3.63) is 45.5 Å². The molecule has 42 heavy (non-hydrogen) atoms. The molecule has 15 heteroatoms. The Kier molecular flexibility index (Phi) is 10.4. The van der Waals surface area contributed by atoms with Crippen LogP contribution in [0.25, 0.3) is 0 Å². The normalized spacial score (nSPS) is 25.2. The van der Waals surface area contributed by atoms with Crippen LogP contribution >= 0.6 is 27.5 Å². The molecule has 2 fully saturated rings. The Labute approximate surface area is 254 Å². The minimum absolute atomic E-state index is 0.0511. The number of piperidine rings is 1. The number of benzene rings is 1. The maximum Gasteiger partial charge on any atom is 0.335 e. The first-order valence-corrected chi connectivity index (χ1v) is 14.4. The van der Waals surface area contributed by atoms with E-state index in [1.165, 1.54) is 30.5 Å². The molecule has 2 aliphatic heterocycles. The largest absolute Gasteiger partial charge is 0.479 e. The Hall–Kier alpha value is -2.85. The molecule has 3 heterocycles. The Morgan fingerprint density at radius 3 is 2.38 bits per heavy atom. The summed E-state index contributed by atoms with van der Waals surface area (Å²) >= 11 is 9.20. The van der Waals surface area contributed by atoms with Crippen molar-refractivity contribution in [3.8, 4) is 5.75 Å². The molecular formula is C27H32BrClN4O9. The van der Waals surface area contributed by atoms with Gasteiger partial charge in [0.05, 0.1) is 16.3 Å². The predicted octanol–water partition coefficient (Wildman–Crippen LogP) is 2.08. The second kappa shape index (κ2) is 13.6. The molecule has 0 bridgehead atoms. The van der Waals surface area contributed by atoms with Crippen molar-refractivity contribution >= 4 is 56.8 Å². The molecule has 0 unspecified atom stereocenters. The first-order chi connectivity index (χ1) is 19.8. The van der Waals surface area contributed by atoms with Crippen LogP contribution in [-0.4, -0.2) is 97.9 Å². The highest BCUT2D eigenvalue weighted by Crippen LogP contribution is 2.37. The van der Waals surface area contributed by atoms with E-state index in [0.29, 0.717) is 41.5 Å². The fourth-order valence-electron chi connectivity index (χ4n) is 4.79. The summed E-state index contributed by atoms with van der Waals surface area (Å²) in [5, 5.41) is 46.0. The summed E-state index contributed by atoms with van der Waals surface area (Å²) in [7, 11) is 0. The number of carbonyl (C=O) groups is 3. The number of hydrogen-bond acceptors (Lipinski definition) is 10. The molecule has 4 rings (SSSR count). The van der Waals surface area contributed by atoms with Crippen LogP contribution in [0.4, 0.5) is 11.5 Å². The Balaban J connectivity index is 1.67. The molecule has 1 aromatic heterocycles. The van der Waals surface area contributed by atoms with Gasteiger partial charge in [0.1, 0.15) is 29.9 Å². The summed E-state index contributed by atoms with van der Waals surface area (Å²) < 4.78 is 11.4. The number of amides is 2. The number of rotatable bonds is 8. The molecular weight excluding hydrogens is 640 g/mol. The zero-order chi connectivity index (χ0) is 30.7. The van der Waals surface area contributed by atoms with Crippen molar-refractivity contribution in [2.45, 2.75) is 63.4 Å². The highest BCUT2D eigenvalue weighted by Gasteiger charge is 2.48. The van der Waals surface area contributed by atoms with E-state index in [-0.39, 0.29) is 34.6 Å². The van der Waals surface area contributed by atoms with Gasteiger partial charge in [0, 0.05) is 22.6 Å². The third-order valence-corrected chi connectivity index (χ3v) is 7.90. The number of nitrogens with one attached hydrogen (secondary N) is 2. The van der Waals surface area contributed by atoms with E-state index in [0.717, 1.165) is 0 Å². The monoisotopic (exact) mass is 670 g/mol. The highest BCUT2D eigenvalue weighted by atomic mass is 79.9. The number of carboxylic acid groups (broad SMARTS) is 1. The van der Waals surface area contributed by atoms with Crippen LogP contribution < -0.4 is 15.4 Å². The second-order valence-electron chi connectivity index (χ2n) is 10.4. The smallest absolute Gasteiger partial charge is 0.335 e. The van der Waals surface area contributed by atoms with Gasteiger partial charge in [-0.1, -0.05) is 27.5 Å². The summed E-state index contributed by atoms with van der Waals surface area (Å²) in [5.41, 5.74) is -0.131. The minimum Gasteiger partial charge on any atom is -0.479 e. The average Bonchev–Trinajstić information content (AvgIpc) is 2.95. The van der Waals surface area contributed by atoms with E-state index >= 15 is 0 Å². The molecule has 228 valence electrons. The number of pyridine rings is 1. The van der Waals surface area contributed by atoms with Gasteiger partial charge in [-0.2, -0.15) is 0 Å². The first-order valence-electron chi connectivity index (χ1n) is 13.3. The van der Waals surface area contributed by atoms with Crippen molar-refractivity contribution < 1.29 is 44.3 Å². The third kappa shape index (κ3) is 7.37. The van der Waals surface area contributed by atoms with Crippen molar-refractivity contribution in [3.63, 3.8) is 0 Å². The molecule has 13 nitrogen and oxygen atoms in total. The Morgan fingerprint density at radius 2 is 1.79 bits per heavy atom. The Bertz CT molecular complexity index is 1310. The average molecular weight is 672 g/mol. The van der Waals surface area contributed by atoms with Crippen LogP contribution in [0.3, 0.4) is 0 Å². The summed E-state index contributed by atoms with van der Waals surface area (Å²) in [5.74, 6) is -2.98. The molecule has 0 radical (unpaired) electrons. The molecule has 1 aromatic carbocycles. The lowest BCUT2D eigenvalue weighted by molar-refractivity contribution is -0.271. The highest BCUT2D eigenvalue weighted by molar-refractivity contribution is 9.10. The van der Waals surface area contributed by atoms with Crippen LogP contribution in [0, 0.1) is 5.92 Å². The number of aliphatic carboxylic acids is 1. The number of carboxylic acids is 1. The van der Waals surface area contributed by atoms with Gasteiger partial charge in [-0.15, -0.1) is 0 Å². The van der Waals surface area contributed by atoms with Gasteiger partial charge in [0.25, 0.3) is 5.91 Å². The maximum absolute atomic E-state index is 13.5. The molecule has 2 aliphatic rings. The van der Waals surface area contributed by atoms with Gasteiger partial charge in [-0.05, 0) is 64.0 Å². The number of carbonyl (C=O) groups excluding carboxylic acids is 2. The summed E-state index contributed by atoms with van der Waals surface area (Å²) in [6, 6.07) is 6.18. The number of aliphatic hydroxyl groups excluding tert-OH is 3. The van der Waals surface area contributed by atoms with Crippen LogP contribution in [0.5, 0.6) is 5.75 Å². The molecule has 0 aliphatic carbocycles. The van der Waals surface area contributed by atoms with E-state index in [1.807, 2.05) is 0 Å². The lowest BCUT2D eigenvalue weighted by atomic mass is 9.95. The van der Waals surface area contributed by atoms with Gasteiger partial charge in [-0.3, -0.25) is 9.59 Å². The SMILES string of the molecule is CC(C)N1CCC(C(=O)Nc2c(O[C@H]3O[C@H](C(=O)O)[C@@H](O)[C@H](O)[C@H]3O)cc(Br)cc2C(=O)Nc2ccc(Cl)cn2)CC1. The summed E-state index contributed by atoms with van der Waals surface area (Å²) in [6.45, 7) is 5.60. The van der Waals surface area contributed by atoms with Crippen LogP contribution in [0.15, 0.2) is 34.9 Å². The number of aliphatic hydroxyl groups is 3. The fourth-order valence-corrected chi connectivity index (χ4v) is 5.34. The lowest BCUT2D eigenvalue weighted by Crippen LogP contribution is -2.61. The standard InChI is InChI=1S/C27H32BrClN4O9/c1-12(2)33-7-5-13(6-8-33)24(37)32-19-16(25(38)31-18-4-3-15(29)11-30-18)9-14(28)10-17(19)41-27-22(36)20(34)21(35)23(42-27)26(39)40/h3-4,9-13,20-23,27,34-36H,5-8H2,1-2H3,(H,32,37)(H,39,40)(H,30,31,38)/t20-,21-,22+,23-,27-/m0/s1. The zero-order valence-electron chi connectivity index (χ0n) is 22.7. The van der Waals surface area contributed by atoms with Gasteiger partial charge in [0.2, 0.25) is 12.2 Å². The van der Waals surface area contributed by atoms with Crippen molar-refractivity contribution in [2.24, 2.45) is 5.92 Å². The zero-order valence-corrected chi connectivity index (χ0v) is 25.1. The van der Waals surface area contributed by atoms with Crippen LogP contribution in [-0.2, 0) is 14.3 Å². The summed E-state index contributed by atoms with van der Waals surface area (Å²) in [6.07, 6.45) is -6.89. The lowest BCUT2D eigenvalue weighted by Gasteiger charge is -2.38. The number of anilines is 2. The van der Waals surface area contributed by atoms with Crippen molar-refractivity contribution in [2.75, 3.05) is 23.7 Å². The topological polar surface area (TPSA) is 191 Å². The third-order valence-electron chi connectivity index (χ3n) is 7.22.